The topological polar surface area (TPSA) is 67.9 Å². The lowest BCUT2D eigenvalue weighted by molar-refractivity contribution is -0.139. The van der Waals surface area contributed by atoms with Crippen molar-refractivity contribution in [3.05, 3.63) is 59.7 Å². The van der Waals surface area contributed by atoms with Crippen LogP contribution in [0.5, 0.6) is 11.5 Å². The second-order valence-electron chi connectivity index (χ2n) is 9.31. The molecule has 1 unspecified atom stereocenters. The van der Waals surface area contributed by atoms with Gasteiger partial charge in [-0.15, -0.1) is 11.6 Å². The third-order valence-corrected chi connectivity index (χ3v) is 6.87. The van der Waals surface area contributed by atoms with Crippen LogP contribution >= 0.6 is 11.6 Å². The molecule has 36 heavy (non-hydrogen) atoms. The molecule has 6 nitrogen and oxygen atoms in total. The van der Waals surface area contributed by atoms with E-state index in [0.717, 1.165) is 37.7 Å². The number of rotatable bonds is 12. The summed E-state index contributed by atoms with van der Waals surface area (Å²) in [6, 6.07) is 14.7. The molecule has 1 aliphatic rings. The molecule has 1 N–H and O–H groups in total. The molecule has 0 bridgehead atoms. The third kappa shape index (κ3) is 7.89. The Balaban J connectivity index is 1.94. The summed E-state index contributed by atoms with van der Waals surface area (Å²) >= 11 is 6.05. The molecule has 0 spiro atoms. The van der Waals surface area contributed by atoms with Crippen LogP contribution in [-0.4, -0.2) is 48.9 Å². The van der Waals surface area contributed by atoms with Crippen LogP contribution < -0.4 is 14.8 Å². The Morgan fingerprint density at radius 1 is 1.06 bits per heavy atom. The number of nitrogens with one attached hydrogen (secondary N) is 1. The quantitative estimate of drug-likeness (QED) is 0.292. The van der Waals surface area contributed by atoms with E-state index in [1.54, 1.807) is 18.1 Å². The zero-order valence-corrected chi connectivity index (χ0v) is 22.3. The predicted octanol–water partition coefficient (Wildman–Crippen LogP) is 5.67. The maximum Gasteiger partial charge on any atom is 0.247 e. The zero-order valence-electron chi connectivity index (χ0n) is 21.5. The van der Waals surface area contributed by atoms with E-state index in [-0.39, 0.29) is 23.7 Å². The monoisotopic (exact) mass is 514 g/mol. The van der Waals surface area contributed by atoms with Crippen molar-refractivity contribution in [3.8, 4) is 11.5 Å². The minimum Gasteiger partial charge on any atom is -0.493 e. The standard InChI is InChI=1S/C29H39ClN2O4/c1-3-19-36-25-16-15-23(20-26(25)35-2)28(29(34)31-24-13-9-4-5-10-14-24)32(27(33)21-30)18-17-22-11-7-6-8-12-22/h6-8,11-12,15-16,20,24,28H,3-5,9-10,13-14,17-19,21H2,1-2H3,(H,31,34). The molecule has 0 heterocycles. The van der Waals surface area contributed by atoms with Crippen LogP contribution in [0, 0.1) is 0 Å². The fourth-order valence-corrected chi connectivity index (χ4v) is 4.88. The van der Waals surface area contributed by atoms with Crippen molar-refractivity contribution in [1.82, 2.24) is 10.2 Å². The molecular weight excluding hydrogens is 476 g/mol. The second kappa shape index (κ2) is 14.7. The number of benzene rings is 2. The molecular formula is C29H39ClN2O4. The fourth-order valence-electron chi connectivity index (χ4n) is 4.73. The maximum atomic E-state index is 13.8. The van der Waals surface area contributed by atoms with E-state index in [2.05, 4.69) is 5.32 Å². The van der Waals surface area contributed by atoms with Crippen molar-refractivity contribution in [2.45, 2.75) is 70.4 Å². The van der Waals surface area contributed by atoms with Gasteiger partial charge in [-0.1, -0.05) is 69.0 Å². The van der Waals surface area contributed by atoms with Gasteiger partial charge in [-0.25, -0.2) is 0 Å². The van der Waals surface area contributed by atoms with Crippen molar-refractivity contribution in [2.24, 2.45) is 0 Å². The number of amides is 2. The first-order chi connectivity index (χ1) is 17.6. The second-order valence-corrected chi connectivity index (χ2v) is 9.58. The Hall–Kier alpha value is -2.73. The van der Waals surface area contributed by atoms with Crippen LogP contribution in [0.2, 0.25) is 0 Å². The summed E-state index contributed by atoms with van der Waals surface area (Å²) in [5.41, 5.74) is 1.77. The highest BCUT2D eigenvalue weighted by Gasteiger charge is 2.33. The largest absolute Gasteiger partial charge is 0.493 e. The van der Waals surface area contributed by atoms with Gasteiger partial charge in [0.2, 0.25) is 11.8 Å². The van der Waals surface area contributed by atoms with E-state index >= 15 is 0 Å². The number of hydrogen-bond donors (Lipinski definition) is 1. The normalized spacial score (nSPS) is 15.0. The van der Waals surface area contributed by atoms with Crippen LogP contribution in [0.25, 0.3) is 0 Å². The molecule has 1 saturated carbocycles. The molecule has 2 amide bonds. The zero-order chi connectivity index (χ0) is 25.8. The molecule has 0 saturated heterocycles. The Morgan fingerprint density at radius 2 is 1.78 bits per heavy atom. The Bertz CT molecular complexity index is 961. The average Bonchev–Trinajstić information content (AvgIpc) is 3.18. The maximum absolute atomic E-state index is 13.8. The van der Waals surface area contributed by atoms with Gasteiger partial charge in [0.05, 0.1) is 13.7 Å². The number of carbonyl (C=O) groups excluding carboxylic acids is 2. The predicted molar refractivity (Wildman–Crippen MR) is 144 cm³/mol. The van der Waals surface area contributed by atoms with E-state index < -0.39 is 6.04 Å². The molecule has 1 atom stereocenters. The first-order valence-corrected chi connectivity index (χ1v) is 13.6. The smallest absolute Gasteiger partial charge is 0.247 e. The van der Waals surface area contributed by atoms with E-state index in [1.807, 2.05) is 49.4 Å². The molecule has 0 aromatic heterocycles. The SMILES string of the molecule is CCCOc1ccc(C(C(=O)NC2CCCCCC2)N(CCc2ccccc2)C(=O)CCl)cc1OC. The van der Waals surface area contributed by atoms with Crippen molar-refractivity contribution in [3.63, 3.8) is 0 Å². The van der Waals surface area contributed by atoms with Crippen LogP contribution in [0.3, 0.4) is 0 Å². The van der Waals surface area contributed by atoms with Crippen LogP contribution in [0.15, 0.2) is 48.5 Å². The average molecular weight is 515 g/mol. The molecule has 2 aromatic carbocycles. The number of carbonyl (C=O) groups is 2. The van der Waals surface area contributed by atoms with Gasteiger partial charge in [0, 0.05) is 12.6 Å². The van der Waals surface area contributed by atoms with E-state index in [0.29, 0.717) is 36.6 Å². The van der Waals surface area contributed by atoms with Crippen molar-refractivity contribution < 1.29 is 19.1 Å². The minimum absolute atomic E-state index is 0.110. The molecule has 2 aromatic rings. The Kier molecular flexibility index (Phi) is 11.4. The number of alkyl halides is 1. The lowest BCUT2D eigenvalue weighted by Gasteiger charge is -2.32. The number of methoxy groups -OCH3 is 1. The van der Waals surface area contributed by atoms with Crippen molar-refractivity contribution >= 4 is 23.4 Å². The summed E-state index contributed by atoms with van der Waals surface area (Å²) in [5.74, 6) is 0.494. The first-order valence-electron chi connectivity index (χ1n) is 13.1. The Labute approximate surface area is 220 Å². The summed E-state index contributed by atoms with van der Waals surface area (Å²) in [5, 5.41) is 3.25. The molecule has 196 valence electrons. The summed E-state index contributed by atoms with van der Waals surface area (Å²) in [6.07, 6.45) is 8.00. The number of ether oxygens (including phenoxy) is 2. The molecule has 1 aliphatic carbocycles. The van der Waals surface area contributed by atoms with Crippen LogP contribution in [0.1, 0.15) is 69.0 Å². The number of nitrogens with zero attached hydrogens (tertiary/aromatic N) is 1. The lowest BCUT2D eigenvalue weighted by Crippen LogP contribution is -2.47. The van der Waals surface area contributed by atoms with Gasteiger partial charge in [-0.05, 0) is 48.9 Å². The van der Waals surface area contributed by atoms with Gasteiger partial charge in [-0.3, -0.25) is 9.59 Å². The van der Waals surface area contributed by atoms with Gasteiger partial charge in [0.25, 0.3) is 0 Å². The Morgan fingerprint density at radius 3 is 2.42 bits per heavy atom. The van der Waals surface area contributed by atoms with E-state index in [1.165, 1.54) is 12.8 Å². The van der Waals surface area contributed by atoms with Crippen molar-refractivity contribution in [2.75, 3.05) is 26.1 Å². The number of hydrogen-bond acceptors (Lipinski definition) is 4. The minimum atomic E-state index is -0.822. The molecule has 7 heteroatoms. The van der Waals surface area contributed by atoms with Gasteiger partial charge in [0.1, 0.15) is 11.9 Å². The molecule has 1 fully saturated rings. The molecule has 0 radical (unpaired) electrons. The summed E-state index contributed by atoms with van der Waals surface area (Å²) in [4.78, 5) is 28.6. The van der Waals surface area contributed by atoms with Gasteiger partial charge in [-0.2, -0.15) is 0 Å². The molecule has 0 aliphatic heterocycles. The van der Waals surface area contributed by atoms with Crippen LogP contribution in [-0.2, 0) is 16.0 Å². The highest BCUT2D eigenvalue weighted by molar-refractivity contribution is 6.27. The third-order valence-electron chi connectivity index (χ3n) is 6.65. The molecule has 3 rings (SSSR count). The summed E-state index contributed by atoms with van der Waals surface area (Å²) in [7, 11) is 1.58. The summed E-state index contributed by atoms with van der Waals surface area (Å²) < 4.78 is 11.4. The lowest BCUT2D eigenvalue weighted by atomic mass is 10.0. The van der Waals surface area contributed by atoms with Gasteiger partial charge in [0.15, 0.2) is 11.5 Å². The number of halogens is 1. The highest BCUT2D eigenvalue weighted by Crippen LogP contribution is 2.33. The van der Waals surface area contributed by atoms with E-state index in [4.69, 9.17) is 21.1 Å². The fraction of sp³-hybridized carbons (Fsp3) is 0.517. The van der Waals surface area contributed by atoms with E-state index in [9.17, 15) is 9.59 Å². The van der Waals surface area contributed by atoms with Gasteiger partial charge >= 0.3 is 0 Å². The first kappa shape index (κ1) is 27.9. The highest BCUT2D eigenvalue weighted by atomic mass is 35.5. The van der Waals surface area contributed by atoms with Crippen LogP contribution in [0.4, 0.5) is 0 Å². The van der Waals surface area contributed by atoms with Gasteiger partial charge < -0.3 is 19.7 Å². The van der Waals surface area contributed by atoms with Crippen molar-refractivity contribution in [1.29, 1.82) is 0 Å². The summed E-state index contributed by atoms with van der Waals surface area (Å²) in [6.45, 7) is 2.97.